The molecular formula is C11H15IO3. The van der Waals surface area contributed by atoms with Crippen molar-refractivity contribution in [3.05, 3.63) is 23.8 Å². The molecule has 0 aliphatic carbocycles. The molecule has 15 heavy (non-hydrogen) atoms. The van der Waals surface area contributed by atoms with Crippen molar-refractivity contribution in [3.8, 4) is 11.5 Å². The van der Waals surface area contributed by atoms with Crippen LogP contribution in [0.15, 0.2) is 18.2 Å². The van der Waals surface area contributed by atoms with Crippen LogP contribution in [-0.4, -0.2) is 25.4 Å². The fourth-order valence-corrected chi connectivity index (χ4v) is 1.80. The molecule has 0 spiro atoms. The van der Waals surface area contributed by atoms with Gasteiger partial charge in [-0.3, -0.25) is 0 Å². The number of rotatable bonds is 4. The second-order valence-electron chi connectivity index (χ2n) is 3.25. The Morgan fingerprint density at radius 2 is 1.93 bits per heavy atom. The molecular weight excluding hydrogens is 307 g/mol. The minimum Gasteiger partial charge on any atom is -0.497 e. The first kappa shape index (κ1) is 12.6. The SMILES string of the molecule is COc1ccc(OC)c([C@@H](I)C(C)O)c1. The van der Waals surface area contributed by atoms with Gasteiger partial charge in [-0.25, -0.2) is 0 Å². The molecule has 0 aromatic heterocycles. The average Bonchev–Trinajstić information content (AvgIpc) is 2.27. The van der Waals surface area contributed by atoms with E-state index in [1.807, 2.05) is 18.2 Å². The number of methoxy groups -OCH3 is 2. The third kappa shape index (κ3) is 2.98. The number of aliphatic hydroxyl groups excluding tert-OH is 1. The molecule has 0 saturated heterocycles. The van der Waals surface area contributed by atoms with E-state index in [0.717, 1.165) is 17.1 Å². The lowest BCUT2D eigenvalue weighted by Gasteiger charge is -2.17. The van der Waals surface area contributed by atoms with E-state index in [4.69, 9.17) is 9.47 Å². The third-order valence-electron chi connectivity index (χ3n) is 2.16. The van der Waals surface area contributed by atoms with Crippen LogP contribution >= 0.6 is 22.6 Å². The van der Waals surface area contributed by atoms with Gasteiger partial charge in [0.2, 0.25) is 0 Å². The van der Waals surface area contributed by atoms with Crippen LogP contribution in [-0.2, 0) is 0 Å². The predicted octanol–water partition coefficient (Wildman–Crippen LogP) is 2.56. The summed E-state index contributed by atoms with van der Waals surface area (Å²) in [6.07, 6.45) is -0.424. The minimum atomic E-state index is -0.424. The van der Waals surface area contributed by atoms with Crippen molar-refractivity contribution in [2.45, 2.75) is 17.0 Å². The van der Waals surface area contributed by atoms with Crippen molar-refractivity contribution in [2.75, 3.05) is 14.2 Å². The summed E-state index contributed by atoms with van der Waals surface area (Å²) >= 11 is 2.19. The Morgan fingerprint density at radius 3 is 2.40 bits per heavy atom. The summed E-state index contributed by atoms with van der Waals surface area (Å²) in [6.45, 7) is 1.76. The average molecular weight is 322 g/mol. The second kappa shape index (κ2) is 5.55. The van der Waals surface area contributed by atoms with Crippen molar-refractivity contribution in [3.63, 3.8) is 0 Å². The largest absolute Gasteiger partial charge is 0.497 e. The Bertz CT molecular complexity index is 326. The summed E-state index contributed by atoms with van der Waals surface area (Å²) in [7, 11) is 3.24. The van der Waals surface area contributed by atoms with Crippen LogP contribution < -0.4 is 9.47 Å². The molecule has 1 aromatic carbocycles. The van der Waals surface area contributed by atoms with E-state index in [-0.39, 0.29) is 3.92 Å². The van der Waals surface area contributed by atoms with Gasteiger partial charge in [0, 0.05) is 5.56 Å². The molecule has 0 aliphatic rings. The molecule has 0 saturated carbocycles. The normalized spacial score (nSPS) is 14.5. The van der Waals surface area contributed by atoms with Gasteiger partial charge in [0.15, 0.2) is 0 Å². The molecule has 2 atom stereocenters. The van der Waals surface area contributed by atoms with Gasteiger partial charge in [-0.2, -0.15) is 0 Å². The van der Waals surface area contributed by atoms with Gasteiger partial charge in [-0.05, 0) is 25.1 Å². The molecule has 0 fully saturated rings. The molecule has 84 valence electrons. The molecule has 0 heterocycles. The summed E-state index contributed by atoms with van der Waals surface area (Å²) in [4.78, 5) is 0. The number of ether oxygens (including phenoxy) is 2. The highest BCUT2D eigenvalue weighted by molar-refractivity contribution is 14.1. The lowest BCUT2D eigenvalue weighted by Crippen LogP contribution is -2.09. The van der Waals surface area contributed by atoms with Crippen LogP contribution in [0.3, 0.4) is 0 Å². The zero-order chi connectivity index (χ0) is 11.4. The summed E-state index contributed by atoms with van der Waals surface area (Å²) in [5, 5.41) is 9.55. The maximum absolute atomic E-state index is 9.55. The highest BCUT2D eigenvalue weighted by Gasteiger charge is 2.18. The van der Waals surface area contributed by atoms with Crippen molar-refractivity contribution >= 4 is 22.6 Å². The molecule has 1 aromatic rings. The van der Waals surface area contributed by atoms with Crippen molar-refractivity contribution in [1.29, 1.82) is 0 Å². The van der Waals surface area contributed by atoms with Crippen molar-refractivity contribution in [2.24, 2.45) is 0 Å². The zero-order valence-corrected chi connectivity index (χ0v) is 11.2. The first-order valence-corrected chi connectivity index (χ1v) is 5.88. The zero-order valence-electron chi connectivity index (χ0n) is 9.03. The number of hydrogen-bond donors (Lipinski definition) is 1. The molecule has 0 radical (unpaired) electrons. The number of benzene rings is 1. The number of alkyl halides is 1. The minimum absolute atomic E-state index is 0.00681. The molecule has 1 unspecified atom stereocenters. The Morgan fingerprint density at radius 1 is 1.27 bits per heavy atom. The van der Waals surface area contributed by atoms with Crippen LogP contribution in [0.4, 0.5) is 0 Å². The summed E-state index contributed by atoms with van der Waals surface area (Å²) in [5.41, 5.74) is 0.951. The standard InChI is InChI=1S/C11H15IO3/c1-7(13)11(12)9-6-8(14-2)4-5-10(9)15-3/h4-7,11,13H,1-3H3/t7?,11-/m0/s1. The Balaban J connectivity index is 3.11. The second-order valence-corrected chi connectivity index (χ2v) is 4.59. The molecule has 0 amide bonds. The molecule has 1 N–H and O–H groups in total. The summed E-state index contributed by atoms with van der Waals surface area (Å²) < 4.78 is 10.4. The number of halogens is 1. The fraction of sp³-hybridized carbons (Fsp3) is 0.455. The van der Waals surface area contributed by atoms with Crippen LogP contribution in [0, 0.1) is 0 Å². The number of hydrogen-bond acceptors (Lipinski definition) is 3. The van der Waals surface area contributed by atoms with E-state index < -0.39 is 6.10 Å². The van der Waals surface area contributed by atoms with Gasteiger partial charge < -0.3 is 14.6 Å². The summed E-state index contributed by atoms with van der Waals surface area (Å²) in [5.74, 6) is 1.55. The van der Waals surface area contributed by atoms with E-state index in [1.54, 1.807) is 21.1 Å². The Labute approximate surface area is 104 Å². The molecule has 0 aliphatic heterocycles. The molecule has 1 rings (SSSR count). The summed E-state index contributed by atoms with van der Waals surface area (Å²) in [6, 6.07) is 5.58. The monoisotopic (exact) mass is 322 g/mol. The van der Waals surface area contributed by atoms with Gasteiger partial charge in [-0.15, -0.1) is 0 Å². The Kier molecular flexibility index (Phi) is 4.66. The first-order valence-electron chi connectivity index (χ1n) is 4.64. The van der Waals surface area contributed by atoms with Gasteiger partial charge >= 0.3 is 0 Å². The van der Waals surface area contributed by atoms with Crippen LogP contribution in [0.25, 0.3) is 0 Å². The van der Waals surface area contributed by atoms with Crippen molar-refractivity contribution < 1.29 is 14.6 Å². The lowest BCUT2D eigenvalue weighted by atomic mass is 10.1. The van der Waals surface area contributed by atoms with Gasteiger partial charge in [0.1, 0.15) is 11.5 Å². The van der Waals surface area contributed by atoms with Crippen molar-refractivity contribution in [1.82, 2.24) is 0 Å². The maximum atomic E-state index is 9.55. The smallest absolute Gasteiger partial charge is 0.123 e. The number of aliphatic hydroxyl groups is 1. The van der Waals surface area contributed by atoms with Crippen LogP contribution in [0.5, 0.6) is 11.5 Å². The fourth-order valence-electron chi connectivity index (χ4n) is 1.31. The molecule has 0 bridgehead atoms. The van der Waals surface area contributed by atoms with E-state index >= 15 is 0 Å². The van der Waals surface area contributed by atoms with Gasteiger partial charge in [-0.1, -0.05) is 22.6 Å². The topological polar surface area (TPSA) is 38.7 Å². The quantitative estimate of drug-likeness (QED) is 0.684. The maximum Gasteiger partial charge on any atom is 0.123 e. The third-order valence-corrected chi connectivity index (χ3v) is 3.87. The highest BCUT2D eigenvalue weighted by atomic mass is 127. The molecule has 4 heteroatoms. The first-order chi connectivity index (χ1) is 7.10. The lowest BCUT2D eigenvalue weighted by molar-refractivity contribution is 0.195. The van der Waals surface area contributed by atoms with E-state index in [2.05, 4.69) is 22.6 Å². The van der Waals surface area contributed by atoms with Crippen LogP contribution in [0.1, 0.15) is 16.4 Å². The van der Waals surface area contributed by atoms with E-state index in [9.17, 15) is 5.11 Å². The molecule has 3 nitrogen and oxygen atoms in total. The van der Waals surface area contributed by atoms with Gasteiger partial charge in [0.25, 0.3) is 0 Å². The highest BCUT2D eigenvalue weighted by Crippen LogP contribution is 2.36. The van der Waals surface area contributed by atoms with Crippen LogP contribution in [0.2, 0.25) is 0 Å². The predicted molar refractivity (Wildman–Crippen MR) is 68.0 cm³/mol. The van der Waals surface area contributed by atoms with E-state index in [0.29, 0.717) is 0 Å². The van der Waals surface area contributed by atoms with E-state index in [1.165, 1.54) is 0 Å². The Hall–Kier alpha value is -0.490. The van der Waals surface area contributed by atoms with Gasteiger partial charge in [0.05, 0.1) is 24.2 Å².